The zero-order valence-electron chi connectivity index (χ0n) is 12.2. The van der Waals surface area contributed by atoms with Crippen LogP contribution in [0.5, 0.6) is 0 Å². The number of aliphatic hydroxyl groups excluding tert-OH is 1. The number of hydrogen-bond donors (Lipinski definition) is 1. The predicted octanol–water partition coefficient (Wildman–Crippen LogP) is 1.84. The summed E-state index contributed by atoms with van der Waals surface area (Å²) in [7, 11) is -3.52. The van der Waals surface area contributed by atoms with Crippen LogP contribution in [0.15, 0.2) is 29.2 Å². The highest BCUT2D eigenvalue weighted by molar-refractivity contribution is 7.89. The fourth-order valence-corrected chi connectivity index (χ4v) is 4.35. The second kappa shape index (κ2) is 7.08. The van der Waals surface area contributed by atoms with Gasteiger partial charge in [-0.2, -0.15) is 4.31 Å². The molecular formula is C16H21NO3S. The maximum Gasteiger partial charge on any atom is 0.244 e. The number of nitrogens with zero attached hydrogens (tertiary/aromatic N) is 1. The Labute approximate surface area is 126 Å². The van der Waals surface area contributed by atoms with Crippen LogP contribution in [0.25, 0.3) is 0 Å². The quantitative estimate of drug-likeness (QED) is 0.867. The lowest BCUT2D eigenvalue weighted by atomic mass is 9.97. The van der Waals surface area contributed by atoms with E-state index in [0.717, 1.165) is 19.3 Å². The zero-order valence-corrected chi connectivity index (χ0v) is 13.1. The Hall–Kier alpha value is -1.35. The van der Waals surface area contributed by atoms with E-state index in [0.29, 0.717) is 24.6 Å². The van der Waals surface area contributed by atoms with E-state index >= 15 is 0 Å². The molecule has 1 unspecified atom stereocenters. The molecule has 2 rings (SSSR count). The molecule has 114 valence electrons. The van der Waals surface area contributed by atoms with E-state index in [-0.39, 0.29) is 11.5 Å². The van der Waals surface area contributed by atoms with Crippen molar-refractivity contribution in [2.45, 2.75) is 31.1 Å². The fraction of sp³-hybridized carbons (Fsp3) is 0.500. The van der Waals surface area contributed by atoms with Crippen molar-refractivity contribution in [2.24, 2.45) is 5.92 Å². The van der Waals surface area contributed by atoms with Gasteiger partial charge in [0.2, 0.25) is 10.0 Å². The molecule has 0 aromatic heterocycles. The van der Waals surface area contributed by atoms with Crippen molar-refractivity contribution < 1.29 is 13.5 Å². The van der Waals surface area contributed by atoms with Crippen molar-refractivity contribution in [1.29, 1.82) is 0 Å². The van der Waals surface area contributed by atoms with Gasteiger partial charge in [0.05, 0.1) is 4.90 Å². The van der Waals surface area contributed by atoms with Crippen LogP contribution in [0.2, 0.25) is 0 Å². The topological polar surface area (TPSA) is 57.6 Å². The molecule has 0 bridgehead atoms. The van der Waals surface area contributed by atoms with E-state index in [9.17, 15) is 8.42 Å². The van der Waals surface area contributed by atoms with E-state index in [1.807, 2.05) is 0 Å². The zero-order chi connectivity index (χ0) is 15.3. The van der Waals surface area contributed by atoms with Gasteiger partial charge in [-0.15, -0.1) is 0 Å². The first kappa shape index (κ1) is 16.0. The van der Waals surface area contributed by atoms with Gasteiger partial charge in [0.1, 0.15) is 6.61 Å². The molecule has 1 aliphatic rings. The predicted molar refractivity (Wildman–Crippen MR) is 82.2 cm³/mol. The number of sulfonamides is 1. The molecule has 0 aliphatic carbocycles. The normalized spacial score (nSPS) is 19.8. The van der Waals surface area contributed by atoms with Crippen LogP contribution in [-0.4, -0.2) is 37.5 Å². The highest BCUT2D eigenvalue weighted by Crippen LogP contribution is 2.26. The molecule has 5 heteroatoms. The summed E-state index contributed by atoms with van der Waals surface area (Å²) in [6.45, 7) is 2.97. The number of rotatable bonds is 3. The van der Waals surface area contributed by atoms with Crippen molar-refractivity contribution in [3.8, 4) is 11.8 Å². The molecule has 0 saturated carbocycles. The summed E-state index contributed by atoms with van der Waals surface area (Å²) in [5, 5.41) is 8.80. The average molecular weight is 307 g/mol. The minimum atomic E-state index is -3.52. The van der Waals surface area contributed by atoms with E-state index in [4.69, 9.17) is 5.11 Å². The maximum atomic E-state index is 12.8. The van der Waals surface area contributed by atoms with Crippen molar-refractivity contribution in [3.63, 3.8) is 0 Å². The van der Waals surface area contributed by atoms with Crippen molar-refractivity contribution in [2.75, 3.05) is 19.7 Å². The van der Waals surface area contributed by atoms with Crippen LogP contribution in [0.4, 0.5) is 0 Å². The van der Waals surface area contributed by atoms with Crippen molar-refractivity contribution >= 4 is 10.0 Å². The van der Waals surface area contributed by atoms with Gasteiger partial charge in [-0.25, -0.2) is 8.42 Å². The Morgan fingerprint density at radius 2 is 2.14 bits per heavy atom. The van der Waals surface area contributed by atoms with Crippen molar-refractivity contribution in [3.05, 3.63) is 29.8 Å². The number of benzene rings is 1. The smallest absolute Gasteiger partial charge is 0.244 e. The molecule has 1 N–H and O–H groups in total. The first-order valence-electron chi connectivity index (χ1n) is 7.28. The highest BCUT2D eigenvalue weighted by Gasteiger charge is 2.30. The van der Waals surface area contributed by atoms with Gasteiger partial charge in [-0.05, 0) is 30.9 Å². The molecule has 0 amide bonds. The number of piperidine rings is 1. The molecule has 1 aromatic rings. The number of hydrogen-bond acceptors (Lipinski definition) is 3. The van der Waals surface area contributed by atoms with Crippen LogP contribution < -0.4 is 0 Å². The fourth-order valence-electron chi connectivity index (χ4n) is 2.65. The van der Waals surface area contributed by atoms with E-state index in [2.05, 4.69) is 18.8 Å². The van der Waals surface area contributed by atoms with E-state index < -0.39 is 10.0 Å². The molecule has 1 aliphatic heterocycles. The van der Waals surface area contributed by atoms with Gasteiger partial charge in [0, 0.05) is 18.7 Å². The van der Waals surface area contributed by atoms with Gasteiger partial charge in [0.15, 0.2) is 0 Å². The van der Waals surface area contributed by atoms with Gasteiger partial charge in [0.25, 0.3) is 0 Å². The summed E-state index contributed by atoms with van der Waals surface area (Å²) < 4.78 is 27.2. The molecule has 1 fully saturated rings. The van der Waals surface area contributed by atoms with Crippen LogP contribution in [0, 0.1) is 17.8 Å². The minimum absolute atomic E-state index is 0.239. The monoisotopic (exact) mass is 307 g/mol. The SMILES string of the molecule is CCC1CCCN(S(=O)(=O)c2ccccc2C#CCO)C1. The number of aliphatic hydroxyl groups is 1. The third kappa shape index (κ3) is 3.65. The standard InChI is InChI=1S/C16H21NO3S/c1-2-14-7-5-11-17(13-14)21(19,20)16-10-4-3-8-15(16)9-6-12-18/h3-4,8,10,14,18H,2,5,7,11-13H2,1H3. The molecular weight excluding hydrogens is 286 g/mol. The molecule has 4 nitrogen and oxygen atoms in total. The Kier molecular flexibility index (Phi) is 5.40. The van der Waals surface area contributed by atoms with Gasteiger partial charge in [-0.1, -0.05) is 37.3 Å². The van der Waals surface area contributed by atoms with E-state index in [1.165, 1.54) is 0 Å². The molecule has 1 atom stereocenters. The minimum Gasteiger partial charge on any atom is -0.384 e. The lowest BCUT2D eigenvalue weighted by Gasteiger charge is -2.31. The Morgan fingerprint density at radius 1 is 1.38 bits per heavy atom. The third-order valence-electron chi connectivity index (χ3n) is 3.87. The van der Waals surface area contributed by atoms with Crippen LogP contribution in [0.3, 0.4) is 0 Å². The lowest BCUT2D eigenvalue weighted by Crippen LogP contribution is -2.39. The highest BCUT2D eigenvalue weighted by atomic mass is 32.2. The van der Waals surface area contributed by atoms with E-state index in [1.54, 1.807) is 28.6 Å². The summed E-state index contributed by atoms with van der Waals surface area (Å²) >= 11 is 0. The van der Waals surface area contributed by atoms with Crippen LogP contribution in [0.1, 0.15) is 31.7 Å². The molecule has 1 saturated heterocycles. The Morgan fingerprint density at radius 3 is 2.86 bits per heavy atom. The lowest BCUT2D eigenvalue weighted by molar-refractivity contribution is 0.261. The first-order chi connectivity index (χ1) is 10.1. The molecule has 1 aromatic carbocycles. The molecule has 0 spiro atoms. The molecule has 0 radical (unpaired) electrons. The van der Waals surface area contributed by atoms with Crippen molar-refractivity contribution in [1.82, 2.24) is 4.31 Å². The summed E-state index contributed by atoms with van der Waals surface area (Å²) in [4.78, 5) is 0.239. The summed E-state index contributed by atoms with van der Waals surface area (Å²) in [6, 6.07) is 6.73. The second-order valence-corrected chi connectivity index (χ2v) is 7.14. The second-order valence-electron chi connectivity index (χ2n) is 5.24. The van der Waals surface area contributed by atoms with Crippen LogP contribution >= 0.6 is 0 Å². The Balaban J connectivity index is 2.35. The average Bonchev–Trinajstić information content (AvgIpc) is 2.53. The Bertz CT molecular complexity index is 643. The molecule has 21 heavy (non-hydrogen) atoms. The maximum absolute atomic E-state index is 12.8. The van der Waals surface area contributed by atoms with Gasteiger partial charge in [-0.3, -0.25) is 0 Å². The first-order valence-corrected chi connectivity index (χ1v) is 8.72. The van der Waals surface area contributed by atoms with Gasteiger partial charge < -0.3 is 5.11 Å². The summed E-state index contributed by atoms with van der Waals surface area (Å²) in [5.74, 6) is 5.68. The molecule has 1 heterocycles. The summed E-state index contributed by atoms with van der Waals surface area (Å²) in [6.07, 6.45) is 2.99. The van der Waals surface area contributed by atoms with Crippen LogP contribution in [-0.2, 0) is 10.0 Å². The summed E-state index contributed by atoms with van der Waals surface area (Å²) in [5.41, 5.74) is 0.449. The third-order valence-corrected chi connectivity index (χ3v) is 5.79. The van der Waals surface area contributed by atoms with Gasteiger partial charge >= 0.3 is 0 Å². The largest absolute Gasteiger partial charge is 0.384 e.